The molecule has 0 saturated heterocycles. The Hall–Kier alpha value is -3.61. The van der Waals surface area contributed by atoms with Gasteiger partial charge in [0.25, 0.3) is 0 Å². The molecule has 27 heavy (non-hydrogen) atoms. The summed E-state index contributed by atoms with van der Waals surface area (Å²) in [6.07, 6.45) is 1.20. The molecule has 0 amide bonds. The quantitative estimate of drug-likeness (QED) is 0.616. The average molecular weight is 368 g/mol. The average Bonchev–Trinajstić information content (AvgIpc) is 2.68. The number of benzene rings is 2. The molecule has 0 radical (unpaired) electrons. The molecule has 0 atom stereocenters. The number of carbonyl (C=O) groups is 2. The molecule has 2 aromatic carbocycles. The van der Waals surface area contributed by atoms with Gasteiger partial charge in [0.2, 0.25) is 11.2 Å². The lowest BCUT2D eigenvalue weighted by Crippen LogP contribution is -2.07. The van der Waals surface area contributed by atoms with Crippen LogP contribution in [0.25, 0.3) is 11.0 Å². The van der Waals surface area contributed by atoms with Gasteiger partial charge in [-0.3, -0.25) is 9.59 Å². The first-order valence-electron chi connectivity index (χ1n) is 8.02. The van der Waals surface area contributed by atoms with Crippen LogP contribution in [0.5, 0.6) is 17.2 Å². The standard InChI is InChI=1S/C20H16O7/c1-12(21)10-25-15-7-8-16-17(9-15)26-11-18(19(16)22)27-14-5-3-13(4-6-14)20(23)24-2/h3-9,11H,10H2,1-2H3. The predicted octanol–water partition coefficient (Wildman–Crippen LogP) is 3.34. The van der Waals surface area contributed by atoms with Crippen molar-refractivity contribution in [1.29, 1.82) is 0 Å². The summed E-state index contributed by atoms with van der Waals surface area (Å²) in [7, 11) is 1.30. The van der Waals surface area contributed by atoms with Crippen molar-refractivity contribution in [2.24, 2.45) is 0 Å². The minimum absolute atomic E-state index is 0.00530. The minimum Gasteiger partial charge on any atom is -0.486 e. The molecule has 3 rings (SSSR count). The summed E-state index contributed by atoms with van der Waals surface area (Å²) in [5.74, 6) is 0.224. The number of fused-ring (bicyclic) bond motifs is 1. The van der Waals surface area contributed by atoms with Crippen LogP contribution in [-0.4, -0.2) is 25.5 Å². The summed E-state index contributed by atoms with van der Waals surface area (Å²) >= 11 is 0. The highest BCUT2D eigenvalue weighted by Gasteiger charge is 2.11. The van der Waals surface area contributed by atoms with Gasteiger partial charge in [-0.15, -0.1) is 0 Å². The van der Waals surface area contributed by atoms with Gasteiger partial charge in [0.1, 0.15) is 30.0 Å². The van der Waals surface area contributed by atoms with E-state index in [2.05, 4.69) is 4.74 Å². The molecule has 138 valence electrons. The molecule has 0 aliphatic rings. The van der Waals surface area contributed by atoms with Crippen molar-refractivity contribution in [1.82, 2.24) is 0 Å². The third kappa shape index (κ3) is 4.14. The molecule has 0 N–H and O–H groups in total. The molecule has 1 heterocycles. The lowest BCUT2D eigenvalue weighted by atomic mass is 10.2. The zero-order valence-electron chi connectivity index (χ0n) is 14.7. The van der Waals surface area contributed by atoms with Crippen molar-refractivity contribution in [3.63, 3.8) is 0 Å². The first kappa shape index (κ1) is 18.2. The van der Waals surface area contributed by atoms with Crippen molar-refractivity contribution in [2.45, 2.75) is 6.92 Å². The maximum Gasteiger partial charge on any atom is 0.337 e. The second-order valence-corrected chi connectivity index (χ2v) is 5.70. The van der Waals surface area contributed by atoms with Gasteiger partial charge in [-0.2, -0.15) is 0 Å². The Morgan fingerprint density at radius 1 is 1.04 bits per heavy atom. The number of carbonyl (C=O) groups excluding carboxylic acids is 2. The number of ketones is 1. The molecule has 0 aliphatic carbocycles. The highest BCUT2D eigenvalue weighted by atomic mass is 16.5. The van der Waals surface area contributed by atoms with Crippen LogP contribution in [0.1, 0.15) is 17.3 Å². The van der Waals surface area contributed by atoms with Crippen LogP contribution in [0, 0.1) is 0 Å². The fourth-order valence-corrected chi connectivity index (χ4v) is 2.34. The van der Waals surface area contributed by atoms with Gasteiger partial charge in [-0.05, 0) is 43.3 Å². The van der Waals surface area contributed by atoms with Crippen LogP contribution in [0.2, 0.25) is 0 Å². The van der Waals surface area contributed by atoms with Crippen molar-refractivity contribution in [3.05, 3.63) is 64.5 Å². The first-order chi connectivity index (χ1) is 13.0. The molecule has 0 saturated carbocycles. The highest BCUT2D eigenvalue weighted by Crippen LogP contribution is 2.24. The van der Waals surface area contributed by atoms with Gasteiger partial charge in [0, 0.05) is 6.07 Å². The van der Waals surface area contributed by atoms with Gasteiger partial charge >= 0.3 is 5.97 Å². The highest BCUT2D eigenvalue weighted by molar-refractivity contribution is 5.89. The Bertz CT molecular complexity index is 1050. The summed E-state index contributed by atoms with van der Waals surface area (Å²) in [5, 5.41) is 0.314. The van der Waals surface area contributed by atoms with Crippen molar-refractivity contribution >= 4 is 22.7 Å². The molecule has 0 unspecified atom stereocenters. The van der Waals surface area contributed by atoms with Crippen LogP contribution in [0.15, 0.2) is 57.9 Å². The minimum atomic E-state index is -0.463. The van der Waals surface area contributed by atoms with Gasteiger partial charge in [0.15, 0.2) is 5.78 Å². The van der Waals surface area contributed by atoms with E-state index in [1.54, 1.807) is 24.3 Å². The van der Waals surface area contributed by atoms with Crippen LogP contribution >= 0.6 is 0 Å². The van der Waals surface area contributed by atoms with E-state index in [1.807, 2.05) is 0 Å². The molecule has 0 aliphatic heterocycles. The second kappa shape index (κ2) is 7.74. The molecule has 0 fully saturated rings. The second-order valence-electron chi connectivity index (χ2n) is 5.70. The fourth-order valence-electron chi connectivity index (χ4n) is 2.34. The van der Waals surface area contributed by atoms with Crippen molar-refractivity contribution in [2.75, 3.05) is 13.7 Å². The van der Waals surface area contributed by atoms with Gasteiger partial charge in [-0.1, -0.05) is 0 Å². The topological polar surface area (TPSA) is 92.0 Å². The van der Waals surface area contributed by atoms with Gasteiger partial charge in [0.05, 0.1) is 18.1 Å². The molecular formula is C20H16O7. The van der Waals surface area contributed by atoms with Crippen LogP contribution in [0.4, 0.5) is 0 Å². The van der Waals surface area contributed by atoms with Crippen molar-refractivity contribution in [3.8, 4) is 17.2 Å². The van der Waals surface area contributed by atoms with Crippen LogP contribution in [-0.2, 0) is 9.53 Å². The first-order valence-corrected chi connectivity index (χ1v) is 8.02. The Morgan fingerprint density at radius 2 is 1.74 bits per heavy atom. The maximum atomic E-state index is 12.6. The summed E-state index contributed by atoms with van der Waals surface area (Å²) < 4.78 is 20.9. The number of methoxy groups -OCH3 is 1. The number of hydrogen-bond donors (Lipinski definition) is 0. The molecular weight excluding hydrogens is 352 g/mol. The number of ether oxygens (including phenoxy) is 3. The zero-order chi connectivity index (χ0) is 19.4. The fraction of sp³-hybridized carbons (Fsp3) is 0.150. The molecule has 3 aromatic rings. The summed E-state index contributed by atoms with van der Waals surface area (Å²) in [6.45, 7) is 1.36. The predicted molar refractivity (Wildman–Crippen MR) is 96.5 cm³/mol. The van der Waals surface area contributed by atoms with E-state index >= 15 is 0 Å². The molecule has 0 bridgehead atoms. The van der Waals surface area contributed by atoms with E-state index in [4.69, 9.17) is 13.9 Å². The van der Waals surface area contributed by atoms with E-state index in [0.717, 1.165) is 0 Å². The Balaban J connectivity index is 1.84. The van der Waals surface area contributed by atoms with Crippen molar-refractivity contribution < 1.29 is 28.2 Å². The monoisotopic (exact) mass is 368 g/mol. The third-order valence-electron chi connectivity index (χ3n) is 3.66. The Morgan fingerprint density at radius 3 is 2.41 bits per heavy atom. The summed E-state index contributed by atoms with van der Waals surface area (Å²) in [6, 6.07) is 10.8. The summed E-state index contributed by atoms with van der Waals surface area (Å²) in [4.78, 5) is 35.0. The molecule has 0 spiro atoms. The third-order valence-corrected chi connectivity index (χ3v) is 3.66. The van der Waals surface area contributed by atoms with Crippen LogP contribution < -0.4 is 14.9 Å². The number of esters is 1. The Kier molecular flexibility index (Phi) is 5.21. The molecule has 7 nitrogen and oxygen atoms in total. The van der Waals surface area contributed by atoms with E-state index in [1.165, 1.54) is 38.5 Å². The molecule has 7 heteroatoms. The molecule has 1 aromatic heterocycles. The lowest BCUT2D eigenvalue weighted by Gasteiger charge is -2.08. The number of Topliss-reactive ketones (excluding diaryl/α,β-unsaturated/α-hetero) is 1. The SMILES string of the molecule is COC(=O)c1ccc(Oc2coc3cc(OCC(C)=O)ccc3c2=O)cc1. The maximum absolute atomic E-state index is 12.6. The Labute approximate surface area is 154 Å². The normalized spacial score (nSPS) is 10.4. The lowest BCUT2D eigenvalue weighted by molar-refractivity contribution is -0.118. The van der Waals surface area contributed by atoms with Gasteiger partial charge in [-0.25, -0.2) is 4.79 Å². The smallest absolute Gasteiger partial charge is 0.337 e. The zero-order valence-corrected chi connectivity index (χ0v) is 14.7. The van der Waals surface area contributed by atoms with E-state index in [9.17, 15) is 14.4 Å². The number of rotatable bonds is 6. The van der Waals surface area contributed by atoms with E-state index in [0.29, 0.717) is 28.0 Å². The largest absolute Gasteiger partial charge is 0.486 e. The summed E-state index contributed by atoms with van der Waals surface area (Å²) in [5.41, 5.74) is 0.328. The van der Waals surface area contributed by atoms with Gasteiger partial charge < -0.3 is 18.6 Å². The van der Waals surface area contributed by atoms with E-state index < -0.39 is 5.97 Å². The number of hydrogen-bond acceptors (Lipinski definition) is 7. The van der Waals surface area contributed by atoms with E-state index in [-0.39, 0.29) is 23.6 Å². The van der Waals surface area contributed by atoms with Crippen LogP contribution in [0.3, 0.4) is 0 Å².